The van der Waals surface area contributed by atoms with Crippen molar-refractivity contribution < 1.29 is 4.74 Å². The van der Waals surface area contributed by atoms with Crippen molar-refractivity contribution in [2.75, 3.05) is 19.0 Å². The van der Waals surface area contributed by atoms with E-state index >= 15 is 0 Å². The quantitative estimate of drug-likeness (QED) is 0.844. The van der Waals surface area contributed by atoms with Crippen molar-refractivity contribution in [3.05, 3.63) is 35.0 Å². The van der Waals surface area contributed by atoms with Crippen molar-refractivity contribution >= 4 is 16.5 Å². The zero-order valence-corrected chi connectivity index (χ0v) is 14.6. The van der Waals surface area contributed by atoms with Crippen LogP contribution in [0, 0.1) is 0 Å². The fourth-order valence-electron chi connectivity index (χ4n) is 2.72. The van der Waals surface area contributed by atoms with Gasteiger partial charge in [-0.05, 0) is 37.3 Å². The lowest BCUT2D eigenvalue weighted by Gasteiger charge is -2.12. The largest absolute Gasteiger partial charge is 0.474 e. The van der Waals surface area contributed by atoms with Crippen LogP contribution in [0.4, 0.5) is 5.13 Å². The molecule has 2 heterocycles. The molecule has 1 fully saturated rings. The highest BCUT2D eigenvalue weighted by Gasteiger charge is 2.16. The molecule has 0 spiro atoms. The number of hydrogen-bond acceptors (Lipinski definition) is 6. The SMILES string of the molecule is CN(C)c1ncc(CNCc2ccnc(OC3CCCC3)c2)s1. The maximum Gasteiger partial charge on any atom is 0.213 e. The van der Waals surface area contributed by atoms with Crippen LogP contribution in [-0.2, 0) is 13.1 Å². The minimum absolute atomic E-state index is 0.354. The van der Waals surface area contributed by atoms with E-state index in [0.29, 0.717) is 6.10 Å². The van der Waals surface area contributed by atoms with E-state index in [1.54, 1.807) is 11.3 Å². The van der Waals surface area contributed by atoms with Gasteiger partial charge in [-0.25, -0.2) is 9.97 Å². The van der Waals surface area contributed by atoms with Gasteiger partial charge in [-0.1, -0.05) is 0 Å². The summed E-state index contributed by atoms with van der Waals surface area (Å²) in [6.07, 6.45) is 8.98. The summed E-state index contributed by atoms with van der Waals surface area (Å²) in [5, 5.41) is 4.50. The standard InChI is InChI=1S/C17H24N4OS/c1-21(2)17-20-12-15(23-17)11-18-10-13-7-8-19-16(9-13)22-14-5-3-4-6-14/h7-9,12,14,18H,3-6,10-11H2,1-2H3. The van der Waals surface area contributed by atoms with E-state index in [9.17, 15) is 0 Å². The van der Waals surface area contributed by atoms with E-state index < -0.39 is 0 Å². The maximum absolute atomic E-state index is 5.96. The summed E-state index contributed by atoms with van der Waals surface area (Å²) in [5.41, 5.74) is 1.20. The highest BCUT2D eigenvalue weighted by atomic mass is 32.1. The molecule has 0 bridgehead atoms. The monoisotopic (exact) mass is 332 g/mol. The molecule has 124 valence electrons. The Hall–Kier alpha value is -1.66. The summed E-state index contributed by atoms with van der Waals surface area (Å²) in [4.78, 5) is 12.0. The van der Waals surface area contributed by atoms with Crippen LogP contribution in [0.25, 0.3) is 0 Å². The van der Waals surface area contributed by atoms with Crippen LogP contribution in [0.1, 0.15) is 36.1 Å². The molecule has 0 saturated heterocycles. The van der Waals surface area contributed by atoms with E-state index in [2.05, 4.69) is 15.3 Å². The van der Waals surface area contributed by atoms with Gasteiger partial charge < -0.3 is 15.0 Å². The van der Waals surface area contributed by atoms with E-state index in [1.165, 1.54) is 23.3 Å². The number of hydrogen-bond donors (Lipinski definition) is 1. The van der Waals surface area contributed by atoms with Crippen LogP contribution in [0.5, 0.6) is 5.88 Å². The minimum atomic E-state index is 0.354. The Labute approximate surface area is 141 Å². The summed E-state index contributed by atoms with van der Waals surface area (Å²) >= 11 is 1.72. The van der Waals surface area contributed by atoms with Crippen LogP contribution < -0.4 is 15.0 Å². The van der Waals surface area contributed by atoms with Crippen LogP contribution in [0.2, 0.25) is 0 Å². The minimum Gasteiger partial charge on any atom is -0.474 e. The van der Waals surface area contributed by atoms with E-state index in [4.69, 9.17) is 4.74 Å². The third-order valence-electron chi connectivity index (χ3n) is 3.94. The van der Waals surface area contributed by atoms with Crippen molar-refractivity contribution in [2.24, 2.45) is 0 Å². The van der Waals surface area contributed by atoms with Gasteiger partial charge in [0, 0.05) is 50.5 Å². The molecule has 3 rings (SSSR count). The first-order chi connectivity index (χ1) is 11.2. The van der Waals surface area contributed by atoms with E-state index in [0.717, 1.165) is 36.9 Å². The Kier molecular flexibility index (Phi) is 5.46. The first kappa shape index (κ1) is 16.2. The molecule has 6 heteroatoms. The van der Waals surface area contributed by atoms with Gasteiger partial charge >= 0.3 is 0 Å². The van der Waals surface area contributed by atoms with Crippen molar-refractivity contribution in [3.63, 3.8) is 0 Å². The van der Waals surface area contributed by atoms with Gasteiger partial charge in [-0.15, -0.1) is 11.3 Å². The smallest absolute Gasteiger partial charge is 0.213 e. The van der Waals surface area contributed by atoms with E-state index in [-0.39, 0.29) is 0 Å². The van der Waals surface area contributed by atoms with Gasteiger partial charge in [0.15, 0.2) is 5.13 Å². The summed E-state index contributed by atoms with van der Waals surface area (Å²) in [5.74, 6) is 0.754. The third kappa shape index (κ3) is 4.65. The maximum atomic E-state index is 5.96. The first-order valence-corrected chi connectivity index (χ1v) is 8.96. The molecule has 1 aliphatic carbocycles. The van der Waals surface area contributed by atoms with E-state index in [1.807, 2.05) is 43.5 Å². The summed E-state index contributed by atoms with van der Waals surface area (Å²) < 4.78 is 5.96. The lowest BCUT2D eigenvalue weighted by atomic mass is 10.2. The number of aromatic nitrogens is 2. The average Bonchev–Trinajstić information content (AvgIpc) is 3.19. The molecule has 0 aliphatic heterocycles. The Morgan fingerprint density at radius 1 is 1.26 bits per heavy atom. The topological polar surface area (TPSA) is 50.3 Å². The molecule has 1 saturated carbocycles. The number of rotatable bonds is 7. The van der Waals surface area contributed by atoms with Crippen LogP contribution >= 0.6 is 11.3 Å². The van der Waals surface area contributed by atoms with Gasteiger partial charge in [-0.3, -0.25) is 0 Å². The molecule has 23 heavy (non-hydrogen) atoms. The molecule has 0 unspecified atom stereocenters. The second kappa shape index (κ2) is 7.75. The number of ether oxygens (including phenoxy) is 1. The molecule has 0 amide bonds. The van der Waals surface area contributed by atoms with Gasteiger partial charge in [0.1, 0.15) is 6.10 Å². The summed E-state index contributed by atoms with van der Waals surface area (Å²) in [6.45, 7) is 1.63. The summed E-state index contributed by atoms with van der Waals surface area (Å²) in [6, 6.07) is 4.08. The lowest BCUT2D eigenvalue weighted by Crippen LogP contribution is -2.14. The van der Waals surface area contributed by atoms with Crippen molar-refractivity contribution in [3.8, 4) is 5.88 Å². The van der Waals surface area contributed by atoms with Crippen LogP contribution in [0.15, 0.2) is 24.5 Å². The Bertz CT molecular complexity index is 623. The number of nitrogens with one attached hydrogen (secondary N) is 1. The molecule has 1 N–H and O–H groups in total. The second-order valence-electron chi connectivity index (χ2n) is 6.13. The summed E-state index contributed by atoms with van der Waals surface area (Å²) in [7, 11) is 4.03. The number of anilines is 1. The van der Waals surface area contributed by atoms with Crippen molar-refractivity contribution in [2.45, 2.75) is 44.9 Å². The normalized spacial score (nSPS) is 15.0. The first-order valence-electron chi connectivity index (χ1n) is 8.15. The second-order valence-corrected chi connectivity index (χ2v) is 7.23. The Morgan fingerprint density at radius 2 is 2.09 bits per heavy atom. The van der Waals surface area contributed by atoms with Crippen molar-refractivity contribution in [1.82, 2.24) is 15.3 Å². The van der Waals surface area contributed by atoms with Gasteiger partial charge in [-0.2, -0.15) is 0 Å². The van der Waals surface area contributed by atoms with Crippen LogP contribution in [-0.4, -0.2) is 30.2 Å². The molecule has 5 nitrogen and oxygen atoms in total. The fraction of sp³-hybridized carbons (Fsp3) is 0.529. The predicted molar refractivity (Wildman–Crippen MR) is 94.1 cm³/mol. The highest BCUT2D eigenvalue weighted by Crippen LogP contribution is 2.23. The molecular weight excluding hydrogens is 308 g/mol. The van der Waals surface area contributed by atoms with Crippen LogP contribution in [0.3, 0.4) is 0 Å². The lowest BCUT2D eigenvalue weighted by molar-refractivity contribution is 0.201. The molecule has 0 radical (unpaired) electrons. The van der Waals surface area contributed by atoms with Gasteiger partial charge in [0.05, 0.1) is 0 Å². The molecular formula is C17H24N4OS. The molecule has 2 aromatic heterocycles. The van der Waals surface area contributed by atoms with Crippen molar-refractivity contribution in [1.29, 1.82) is 0 Å². The third-order valence-corrected chi connectivity index (χ3v) is 5.11. The molecule has 0 atom stereocenters. The number of thiazole rings is 1. The number of pyridine rings is 1. The predicted octanol–water partition coefficient (Wildman–Crippen LogP) is 3.22. The van der Waals surface area contributed by atoms with Gasteiger partial charge in [0.2, 0.25) is 5.88 Å². The average molecular weight is 332 g/mol. The number of nitrogens with zero attached hydrogens (tertiary/aromatic N) is 3. The zero-order valence-electron chi connectivity index (χ0n) is 13.8. The Balaban J connectivity index is 1.49. The fourth-order valence-corrected chi connectivity index (χ4v) is 3.52. The molecule has 0 aromatic carbocycles. The molecule has 2 aromatic rings. The highest BCUT2D eigenvalue weighted by molar-refractivity contribution is 7.15. The van der Waals surface area contributed by atoms with Gasteiger partial charge in [0.25, 0.3) is 0 Å². The molecule has 1 aliphatic rings. The zero-order chi connectivity index (χ0) is 16.1. The Morgan fingerprint density at radius 3 is 2.83 bits per heavy atom.